The molecule has 0 aliphatic carbocycles. The number of amides is 1. The van der Waals surface area contributed by atoms with E-state index in [1.54, 1.807) is 0 Å². The summed E-state index contributed by atoms with van der Waals surface area (Å²) in [5, 5.41) is 2.13. The summed E-state index contributed by atoms with van der Waals surface area (Å²) in [6.45, 7) is 5.89. The van der Waals surface area contributed by atoms with E-state index in [4.69, 9.17) is 4.74 Å². The lowest BCUT2D eigenvalue weighted by atomic mass is 9.89. The number of para-hydroxylation sites is 1. The second kappa shape index (κ2) is 8.79. The predicted molar refractivity (Wildman–Crippen MR) is 129 cm³/mol. The van der Waals surface area contributed by atoms with Crippen LogP contribution < -0.4 is 4.74 Å². The maximum absolute atomic E-state index is 13.2. The number of hydrogen-bond acceptors (Lipinski definition) is 4. The van der Waals surface area contributed by atoms with Crippen molar-refractivity contribution in [3.05, 3.63) is 81.4 Å². The standard InChI is InChI=1S/C26H27N3O2S/c1-17-7-9-20(10-8-17)31-16-24-28-18(2)25(32-24)26(30)29-13-11-19(12-14-29)22-15-27-23-6-4-3-5-21(22)23/h3-10,15,19,27H,11-14,16H2,1-2H3. The summed E-state index contributed by atoms with van der Waals surface area (Å²) in [6.07, 6.45) is 4.10. The Kier molecular flexibility index (Phi) is 5.70. The second-order valence-electron chi connectivity index (χ2n) is 8.48. The van der Waals surface area contributed by atoms with Crippen LogP contribution in [-0.4, -0.2) is 33.9 Å². The van der Waals surface area contributed by atoms with E-state index in [0.717, 1.165) is 47.3 Å². The Morgan fingerprint density at radius 3 is 2.66 bits per heavy atom. The number of nitrogens with one attached hydrogen (secondary N) is 1. The average molecular weight is 446 g/mol. The van der Waals surface area contributed by atoms with Gasteiger partial charge in [-0.15, -0.1) is 11.3 Å². The number of thiazole rings is 1. The number of piperidine rings is 1. The van der Waals surface area contributed by atoms with Crippen LogP contribution in [0.5, 0.6) is 5.75 Å². The number of H-pyrrole nitrogens is 1. The van der Waals surface area contributed by atoms with E-state index in [9.17, 15) is 4.79 Å². The van der Waals surface area contributed by atoms with Crippen molar-refractivity contribution >= 4 is 28.1 Å². The molecule has 1 N–H and O–H groups in total. The molecule has 5 rings (SSSR count). The molecule has 3 heterocycles. The number of ether oxygens (including phenoxy) is 1. The molecule has 0 saturated carbocycles. The minimum Gasteiger partial charge on any atom is -0.486 e. The fourth-order valence-corrected chi connectivity index (χ4v) is 5.41. The molecule has 5 nitrogen and oxygen atoms in total. The normalized spacial score (nSPS) is 14.8. The predicted octanol–water partition coefficient (Wildman–Crippen LogP) is 5.84. The van der Waals surface area contributed by atoms with Crippen molar-refractivity contribution in [1.29, 1.82) is 0 Å². The first-order valence-electron chi connectivity index (χ1n) is 11.1. The summed E-state index contributed by atoms with van der Waals surface area (Å²) in [4.78, 5) is 23.9. The molecule has 0 bridgehead atoms. The third-order valence-electron chi connectivity index (χ3n) is 6.26. The summed E-state index contributed by atoms with van der Waals surface area (Å²) >= 11 is 1.45. The smallest absolute Gasteiger partial charge is 0.265 e. The molecule has 32 heavy (non-hydrogen) atoms. The van der Waals surface area contributed by atoms with Crippen LogP contribution in [0.1, 0.15) is 50.3 Å². The van der Waals surface area contributed by atoms with Gasteiger partial charge in [-0.05, 0) is 56.4 Å². The van der Waals surface area contributed by atoms with Crippen molar-refractivity contribution in [3.63, 3.8) is 0 Å². The van der Waals surface area contributed by atoms with Crippen molar-refractivity contribution in [2.75, 3.05) is 13.1 Å². The van der Waals surface area contributed by atoms with Crippen LogP contribution >= 0.6 is 11.3 Å². The number of carbonyl (C=O) groups excluding carboxylic acids is 1. The van der Waals surface area contributed by atoms with Crippen molar-refractivity contribution in [3.8, 4) is 5.75 Å². The minimum absolute atomic E-state index is 0.0963. The molecule has 1 fully saturated rings. The number of aromatic amines is 1. The largest absolute Gasteiger partial charge is 0.486 e. The Labute approximate surface area is 192 Å². The lowest BCUT2D eigenvalue weighted by molar-refractivity contribution is 0.0717. The van der Waals surface area contributed by atoms with Gasteiger partial charge in [0, 0.05) is 30.2 Å². The van der Waals surface area contributed by atoms with Crippen LogP contribution in [0.25, 0.3) is 10.9 Å². The van der Waals surface area contributed by atoms with Gasteiger partial charge in [-0.2, -0.15) is 0 Å². The van der Waals surface area contributed by atoms with Crippen molar-refractivity contribution < 1.29 is 9.53 Å². The highest BCUT2D eigenvalue weighted by Crippen LogP contribution is 2.34. The van der Waals surface area contributed by atoms with Crippen LogP contribution in [0.3, 0.4) is 0 Å². The molecule has 1 amide bonds. The maximum atomic E-state index is 13.2. The first-order valence-corrected chi connectivity index (χ1v) is 11.9. The third kappa shape index (κ3) is 4.15. The maximum Gasteiger partial charge on any atom is 0.265 e. The van der Waals surface area contributed by atoms with Gasteiger partial charge in [0.15, 0.2) is 0 Å². The number of hydrogen-bond donors (Lipinski definition) is 1. The first-order chi connectivity index (χ1) is 15.6. The Morgan fingerprint density at radius 2 is 1.88 bits per heavy atom. The average Bonchev–Trinajstić information content (AvgIpc) is 3.42. The monoisotopic (exact) mass is 445 g/mol. The number of aromatic nitrogens is 2. The zero-order chi connectivity index (χ0) is 22.1. The van der Waals surface area contributed by atoms with Gasteiger partial charge in [-0.25, -0.2) is 4.98 Å². The van der Waals surface area contributed by atoms with Gasteiger partial charge >= 0.3 is 0 Å². The SMILES string of the molecule is Cc1ccc(OCc2nc(C)c(C(=O)N3CCC(c4c[nH]c5ccccc45)CC3)s2)cc1. The highest BCUT2D eigenvalue weighted by Gasteiger charge is 2.28. The molecular weight excluding hydrogens is 418 g/mol. The van der Waals surface area contributed by atoms with E-state index >= 15 is 0 Å². The lowest BCUT2D eigenvalue weighted by Crippen LogP contribution is -2.37. The topological polar surface area (TPSA) is 58.2 Å². The van der Waals surface area contributed by atoms with Crippen LogP contribution in [0.4, 0.5) is 0 Å². The van der Waals surface area contributed by atoms with Gasteiger partial charge in [0.05, 0.1) is 5.69 Å². The van der Waals surface area contributed by atoms with Gasteiger partial charge in [-0.1, -0.05) is 35.9 Å². The van der Waals surface area contributed by atoms with E-state index in [0.29, 0.717) is 12.5 Å². The molecular formula is C26H27N3O2S. The van der Waals surface area contributed by atoms with E-state index in [2.05, 4.69) is 47.4 Å². The molecule has 2 aromatic carbocycles. The number of aryl methyl sites for hydroxylation is 2. The van der Waals surface area contributed by atoms with E-state index in [1.165, 1.54) is 33.4 Å². The fraction of sp³-hybridized carbons (Fsp3) is 0.308. The number of fused-ring (bicyclic) bond motifs is 1. The van der Waals surface area contributed by atoms with Crippen molar-refractivity contribution in [2.24, 2.45) is 0 Å². The summed E-state index contributed by atoms with van der Waals surface area (Å²) in [7, 11) is 0. The molecule has 2 aromatic heterocycles. The summed E-state index contributed by atoms with van der Waals surface area (Å²) in [6, 6.07) is 16.4. The molecule has 4 aromatic rings. The van der Waals surface area contributed by atoms with Crippen molar-refractivity contribution in [2.45, 2.75) is 39.2 Å². The quantitative estimate of drug-likeness (QED) is 0.420. The van der Waals surface area contributed by atoms with E-state index < -0.39 is 0 Å². The Hall–Kier alpha value is -3.12. The van der Waals surface area contributed by atoms with Crippen LogP contribution in [0.2, 0.25) is 0 Å². The Bertz CT molecular complexity index is 1230. The second-order valence-corrected chi connectivity index (χ2v) is 9.56. The molecule has 0 spiro atoms. The highest BCUT2D eigenvalue weighted by molar-refractivity contribution is 7.13. The highest BCUT2D eigenvalue weighted by atomic mass is 32.1. The number of rotatable bonds is 5. The molecule has 6 heteroatoms. The van der Waals surface area contributed by atoms with Crippen LogP contribution in [0.15, 0.2) is 54.7 Å². The number of likely N-dealkylation sites (tertiary alicyclic amines) is 1. The van der Waals surface area contributed by atoms with Gasteiger partial charge in [0.1, 0.15) is 22.2 Å². The lowest BCUT2D eigenvalue weighted by Gasteiger charge is -2.31. The van der Waals surface area contributed by atoms with Gasteiger partial charge in [0.2, 0.25) is 0 Å². The van der Waals surface area contributed by atoms with Gasteiger partial charge in [0.25, 0.3) is 5.91 Å². The molecule has 1 aliphatic rings. The summed E-state index contributed by atoms with van der Waals surface area (Å²) in [5.41, 5.74) is 4.55. The minimum atomic E-state index is 0.0963. The Balaban J connectivity index is 1.22. The number of carbonyl (C=O) groups is 1. The molecule has 0 radical (unpaired) electrons. The van der Waals surface area contributed by atoms with Gasteiger partial charge < -0.3 is 14.6 Å². The Morgan fingerprint density at radius 1 is 1.12 bits per heavy atom. The molecule has 0 atom stereocenters. The molecule has 1 saturated heterocycles. The molecule has 1 aliphatic heterocycles. The third-order valence-corrected chi connectivity index (χ3v) is 7.38. The molecule has 164 valence electrons. The fourth-order valence-electron chi connectivity index (χ4n) is 4.46. The zero-order valence-electron chi connectivity index (χ0n) is 18.4. The summed E-state index contributed by atoms with van der Waals surface area (Å²) < 4.78 is 5.85. The summed E-state index contributed by atoms with van der Waals surface area (Å²) in [5.74, 6) is 1.39. The zero-order valence-corrected chi connectivity index (χ0v) is 19.2. The molecule has 0 unspecified atom stereocenters. The van der Waals surface area contributed by atoms with E-state index in [1.807, 2.05) is 36.1 Å². The number of nitrogens with zero attached hydrogens (tertiary/aromatic N) is 2. The van der Waals surface area contributed by atoms with Crippen LogP contribution in [-0.2, 0) is 6.61 Å². The number of benzene rings is 2. The van der Waals surface area contributed by atoms with E-state index in [-0.39, 0.29) is 5.91 Å². The van der Waals surface area contributed by atoms with Crippen molar-refractivity contribution in [1.82, 2.24) is 14.9 Å². The van der Waals surface area contributed by atoms with Gasteiger partial charge in [-0.3, -0.25) is 4.79 Å². The first kappa shape index (κ1) is 20.8. The van der Waals surface area contributed by atoms with Crippen LogP contribution in [0, 0.1) is 13.8 Å².